The summed E-state index contributed by atoms with van der Waals surface area (Å²) in [5, 5.41) is 3.41. The van der Waals surface area contributed by atoms with Crippen molar-refractivity contribution in [3.63, 3.8) is 0 Å². The van der Waals surface area contributed by atoms with E-state index in [-0.39, 0.29) is 24.5 Å². The van der Waals surface area contributed by atoms with Crippen LogP contribution in [0.1, 0.15) is 46.5 Å². The Morgan fingerprint density at radius 2 is 1.87 bits per heavy atom. The van der Waals surface area contributed by atoms with Crippen LogP contribution in [-0.2, 0) is 9.53 Å². The van der Waals surface area contributed by atoms with Gasteiger partial charge >= 0.3 is 5.97 Å². The van der Waals surface area contributed by atoms with Crippen molar-refractivity contribution in [1.82, 2.24) is 0 Å². The maximum atomic E-state index is 12.9. The summed E-state index contributed by atoms with van der Waals surface area (Å²) in [5.41, 5.74) is 4.32. The van der Waals surface area contributed by atoms with E-state index < -0.39 is 8.07 Å². The summed E-state index contributed by atoms with van der Waals surface area (Å²) in [6, 6.07) is 7.44. The third-order valence-corrected chi connectivity index (χ3v) is 6.56. The van der Waals surface area contributed by atoms with Crippen molar-refractivity contribution in [2.24, 2.45) is 17.8 Å². The number of methoxy groups -OCH3 is 1. The van der Waals surface area contributed by atoms with Crippen molar-refractivity contribution in [1.29, 1.82) is 0 Å². The van der Waals surface area contributed by atoms with Crippen LogP contribution in [0.15, 0.2) is 24.3 Å². The molecule has 0 spiro atoms. The van der Waals surface area contributed by atoms with Crippen LogP contribution in [0.4, 0.5) is 5.69 Å². The van der Waals surface area contributed by atoms with Gasteiger partial charge in [0.25, 0.3) is 0 Å². The SMILES string of the molecule is COc1ccc(NC(C#C[Si](C)(C)C)CC(=O)O[C@@H]2C[C@H](C)CC[C@H]2C(C)C)cc1. The summed E-state index contributed by atoms with van der Waals surface area (Å²) in [5.74, 6) is 5.54. The number of ether oxygens (including phenoxy) is 2. The maximum absolute atomic E-state index is 12.9. The van der Waals surface area contributed by atoms with E-state index in [1.54, 1.807) is 7.11 Å². The van der Waals surface area contributed by atoms with E-state index in [1.807, 2.05) is 24.3 Å². The first-order chi connectivity index (χ1) is 14.1. The zero-order chi connectivity index (χ0) is 22.3. The minimum Gasteiger partial charge on any atom is -0.497 e. The molecule has 1 aliphatic carbocycles. The standard InChI is InChI=1S/C25H39NO3Si/c1-18(2)23-13-8-19(3)16-24(23)29-25(27)17-21(14-15-30(5,6)7)26-20-9-11-22(28-4)12-10-20/h9-12,18-19,21,23-24,26H,8,13,16-17H2,1-7H3/t19-,21?,23+,24-/m1/s1. The quantitative estimate of drug-likeness (QED) is 0.340. The van der Waals surface area contributed by atoms with E-state index in [9.17, 15) is 4.79 Å². The summed E-state index contributed by atoms with van der Waals surface area (Å²) >= 11 is 0. The van der Waals surface area contributed by atoms with Gasteiger partial charge in [0.05, 0.1) is 19.6 Å². The minimum atomic E-state index is -1.55. The average Bonchev–Trinajstić information content (AvgIpc) is 2.66. The predicted molar refractivity (Wildman–Crippen MR) is 127 cm³/mol. The molecular formula is C25H39NO3Si. The molecule has 1 N–H and O–H groups in total. The van der Waals surface area contributed by atoms with Crippen molar-refractivity contribution >= 4 is 19.7 Å². The van der Waals surface area contributed by atoms with Gasteiger partial charge in [-0.1, -0.05) is 52.8 Å². The first kappa shape index (κ1) is 24.3. The fraction of sp³-hybridized carbons (Fsp3) is 0.640. The summed E-state index contributed by atoms with van der Waals surface area (Å²) in [7, 11) is 0.0964. The molecule has 0 amide bonds. The zero-order valence-corrected chi connectivity index (χ0v) is 20.7. The lowest BCUT2D eigenvalue weighted by atomic mass is 9.75. The molecule has 1 fully saturated rings. The number of hydrogen-bond donors (Lipinski definition) is 1. The van der Waals surface area contributed by atoms with Gasteiger partial charge in [-0.25, -0.2) is 0 Å². The van der Waals surface area contributed by atoms with Gasteiger partial charge in [-0.05, 0) is 54.9 Å². The molecule has 5 heteroatoms. The third-order valence-electron chi connectivity index (χ3n) is 5.67. The highest BCUT2D eigenvalue weighted by atomic mass is 28.3. The molecule has 0 aliphatic heterocycles. The van der Waals surface area contributed by atoms with E-state index in [0.717, 1.165) is 24.3 Å². The largest absolute Gasteiger partial charge is 0.497 e. The number of esters is 1. The van der Waals surface area contributed by atoms with Gasteiger partial charge in [-0.3, -0.25) is 4.79 Å². The van der Waals surface area contributed by atoms with E-state index >= 15 is 0 Å². The van der Waals surface area contributed by atoms with Crippen LogP contribution in [0.25, 0.3) is 0 Å². The minimum absolute atomic E-state index is 0.0211. The van der Waals surface area contributed by atoms with E-state index in [4.69, 9.17) is 9.47 Å². The first-order valence-corrected chi connectivity index (χ1v) is 14.7. The van der Waals surface area contributed by atoms with Crippen molar-refractivity contribution in [2.75, 3.05) is 12.4 Å². The molecule has 0 saturated heterocycles. The monoisotopic (exact) mass is 429 g/mol. The highest BCUT2D eigenvalue weighted by molar-refractivity contribution is 6.83. The van der Waals surface area contributed by atoms with Crippen LogP contribution in [0, 0.1) is 29.2 Å². The second-order valence-electron chi connectivity index (χ2n) is 10.0. The summed E-state index contributed by atoms with van der Waals surface area (Å²) in [4.78, 5) is 12.9. The topological polar surface area (TPSA) is 47.6 Å². The summed E-state index contributed by atoms with van der Waals surface area (Å²) in [6.45, 7) is 13.3. The van der Waals surface area contributed by atoms with Crippen LogP contribution in [0.2, 0.25) is 19.6 Å². The summed E-state index contributed by atoms with van der Waals surface area (Å²) < 4.78 is 11.2. The number of carbonyl (C=O) groups is 1. The number of anilines is 1. The number of nitrogens with one attached hydrogen (secondary N) is 1. The molecule has 1 aromatic rings. The molecule has 2 rings (SSSR count). The van der Waals surface area contributed by atoms with Crippen LogP contribution < -0.4 is 10.1 Å². The highest BCUT2D eigenvalue weighted by Gasteiger charge is 2.33. The van der Waals surface area contributed by atoms with Crippen molar-refractivity contribution in [2.45, 2.75) is 78.2 Å². The number of hydrogen-bond acceptors (Lipinski definition) is 4. The van der Waals surface area contributed by atoms with Crippen LogP contribution >= 0.6 is 0 Å². The first-order valence-electron chi connectivity index (χ1n) is 11.2. The maximum Gasteiger partial charge on any atom is 0.309 e. The van der Waals surface area contributed by atoms with Gasteiger partial charge in [-0.2, -0.15) is 0 Å². The Bertz CT molecular complexity index is 742. The molecule has 0 heterocycles. The summed E-state index contributed by atoms with van der Waals surface area (Å²) in [6.07, 6.45) is 3.60. The third kappa shape index (κ3) is 8.06. The number of rotatable bonds is 7. The van der Waals surface area contributed by atoms with Crippen LogP contribution in [0.5, 0.6) is 5.75 Å². The highest BCUT2D eigenvalue weighted by Crippen LogP contribution is 2.35. The van der Waals surface area contributed by atoms with Crippen LogP contribution in [0.3, 0.4) is 0 Å². The Hall–Kier alpha value is -1.93. The molecule has 1 aromatic carbocycles. The van der Waals surface area contributed by atoms with Gasteiger partial charge in [0.15, 0.2) is 0 Å². The number of carbonyl (C=O) groups excluding carboxylic acids is 1. The molecule has 0 aromatic heterocycles. The molecule has 0 bridgehead atoms. The molecule has 4 atom stereocenters. The Balaban J connectivity index is 2.09. The Morgan fingerprint density at radius 3 is 2.43 bits per heavy atom. The van der Waals surface area contributed by atoms with E-state index in [1.165, 1.54) is 6.42 Å². The lowest BCUT2D eigenvalue weighted by molar-refractivity contribution is -0.155. The van der Waals surface area contributed by atoms with Gasteiger partial charge < -0.3 is 14.8 Å². The number of benzene rings is 1. The predicted octanol–water partition coefficient (Wildman–Crippen LogP) is 5.75. The normalized spacial score (nSPS) is 22.6. The van der Waals surface area contributed by atoms with Gasteiger partial charge in [0, 0.05) is 5.69 Å². The average molecular weight is 430 g/mol. The van der Waals surface area contributed by atoms with E-state index in [0.29, 0.717) is 17.8 Å². The van der Waals surface area contributed by atoms with Crippen molar-refractivity contribution in [3.8, 4) is 17.2 Å². The van der Waals surface area contributed by atoms with Crippen LogP contribution in [-0.4, -0.2) is 33.3 Å². The molecule has 1 unspecified atom stereocenters. The molecule has 0 radical (unpaired) electrons. The van der Waals surface area contributed by atoms with Crippen molar-refractivity contribution in [3.05, 3.63) is 24.3 Å². The van der Waals surface area contributed by atoms with Gasteiger partial charge in [-0.15, -0.1) is 5.54 Å². The lowest BCUT2D eigenvalue weighted by Crippen LogP contribution is -2.37. The Morgan fingerprint density at radius 1 is 1.20 bits per heavy atom. The molecule has 1 aliphatic rings. The lowest BCUT2D eigenvalue weighted by Gasteiger charge is -2.36. The molecular weight excluding hydrogens is 390 g/mol. The Labute approximate surface area is 184 Å². The molecule has 166 valence electrons. The smallest absolute Gasteiger partial charge is 0.309 e. The van der Waals surface area contributed by atoms with Gasteiger partial charge in [0.1, 0.15) is 19.9 Å². The van der Waals surface area contributed by atoms with Gasteiger partial charge in [0.2, 0.25) is 0 Å². The second-order valence-corrected chi connectivity index (χ2v) is 14.8. The zero-order valence-electron chi connectivity index (χ0n) is 19.7. The van der Waals surface area contributed by atoms with Crippen molar-refractivity contribution < 1.29 is 14.3 Å². The van der Waals surface area contributed by atoms with E-state index in [2.05, 4.69) is 57.2 Å². The fourth-order valence-electron chi connectivity index (χ4n) is 3.96. The molecule has 30 heavy (non-hydrogen) atoms. The second kappa shape index (κ2) is 10.9. The fourth-order valence-corrected chi connectivity index (χ4v) is 4.57. The Kier molecular flexibility index (Phi) is 8.85. The molecule has 1 saturated carbocycles. The molecule has 4 nitrogen and oxygen atoms in total.